The molecule has 0 bridgehead atoms. The maximum Gasteiger partial charge on any atom is 0.340 e. The number of nitrogens with one attached hydrogen (secondary N) is 1. The van der Waals surface area contributed by atoms with Crippen molar-refractivity contribution in [1.29, 1.82) is 0 Å². The molecule has 1 fully saturated rings. The van der Waals surface area contributed by atoms with Crippen molar-refractivity contribution in [1.82, 2.24) is 5.32 Å². The van der Waals surface area contributed by atoms with E-state index in [1.54, 1.807) is 11.3 Å². The molecule has 1 spiro atoms. The minimum absolute atomic E-state index is 0. The summed E-state index contributed by atoms with van der Waals surface area (Å²) in [6.45, 7) is 1.87. The Kier molecular flexibility index (Phi) is 2.75. The molecule has 0 amide bonds. The molecule has 0 aliphatic carbocycles. The van der Waals surface area contributed by atoms with Gasteiger partial charge < -0.3 is 10.1 Å². The van der Waals surface area contributed by atoms with E-state index in [1.165, 1.54) is 0 Å². The second kappa shape index (κ2) is 3.77. The molecule has 0 unspecified atom stereocenters. The quantitative estimate of drug-likeness (QED) is 0.710. The van der Waals surface area contributed by atoms with Crippen LogP contribution in [0.15, 0.2) is 11.4 Å². The van der Waals surface area contributed by atoms with E-state index >= 15 is 0 Å². The van der Waals surface area contributed by atoms with Gasteiger partial charge in [-0.15, -0.1) is 23.7 Å². The molecule has 15 heavy (non-hydrogen) atoms. The standard InChI is InChI=1S/C10H11NO2S.ClH/c12-9-7-1-6-14-8(7)10(13-9)2-4-11-5-3-10;/h1,6,11H,2-5H2;1H. The van der Waals surface area contributed by atoms with E-state index in [4.69, 9.17) is 4.74 Å². The Balaban J connectivity index is 0.000000853. The molecule has 1 N–H and O–H groups in total. The van der Waals surface area contributed by atoms with Crippen molar-refractivity contribution < 1.29 is 9.53 Å². The number of hydrogen-bond donors (Lipinski definition) is 1. The molecule has 2 aliphatic rings. The molecule has 0 radical (unpaired) electrons. The second-order valence-corrected chi connectivity index (χ2v) is 4.71. The SMILES string of the molecule is Cl.O=C1OC2(CCNCC2)c2sccc21. The summed E-state index contributed by atoms with van der Waals surface area (Å²) < 4.78 is 5.53. The summed E-state index contributed by atoms with van der Waals surface area (Å²) in [5, 5.41) is 5.27. The Bertz CT molecular complexity index is 385. The predicted octanol–water partition coefficient (Wildman–Crippen LogP) is 1.92. The molecule has 82 valence electrons. The molecule has 3 rings (SSSR count). The molecule has 3 heterocycles. The molecule has 3 nitrogen and oxygen atoms in total. The van der Waals surface area contributed by atoms with E-state index in [0.717, 1.165) is 36.4 Å². The van der Waals surface area contributed by atoms with Crippen molar-refractivity contribution in [2.45, 2.75) is 18.4 Å². The molecule has 5 heteroatoms. The molecule has 2 aliphatic heterocycles. The Morgan fingerprint density at radius 2 is 2.13 bits per heavy atom. The van der Waals surface area contributed by atoms with Gasteiger partial charge in [0.15, 0.2) is 0 Å². The van der Waals surface area contributed by atoms with E-state index in [-0.39, 0.29) is 24.0 Å². The first-order valence-electron chi connectivity index (χ1n) is 4.84. The third-order valence-corrected chi connectivity index (χ3v) is 4.10. The van der Waals surface area contributed by atoms with Crippen LogP contribution in [0.2, 0.25) is 0 Å². The molecule has 1 aromatic heterocycles. The lowest BCUT2D eigenvalue weighted by molar-refractivity contribution is -0.0227. The number of thiophene rings is 1. The second-order valence-electron chi connectivity index (χ2n) is 3.80. The Hall–Kier alpha value is -0.580. The van der Waals surface area contributed by atoms with Gasteiger partial charge in [-0.2, -0.15) is 0 Å². The predicted molar refractivity (Wildman–Crippen MR) is 60.8 cm³/mol. The highest BCUT2D eigenvalue weighted by molar-refractivity contribution is 7.10. The maximum atomic E-state index is 11.6. The molecule has 0 atom stereocenters. The summed E-state index contributed by atoms with van der Waals surface area (Å²) in [5.41, 5.74) is 0.503. The summed E-state index contributed by atoms with van der Waals surface area (Å²) in [4.78, 5) is 12.7. The van der Waals surface area contributed by atoms with Crippen LogP contribution < -0.4 is 5.32 Å². The fourth-order valence-corrected chi connectivity index (χ4v) is 3.34. The van der Waals surface area contributed by atoms with Gasteiger partial charge in [-0.05, 0) is 24.5 Å². The average molecular weight is 246 g/mol. The van der Waals surface area contributed by atoms with E-state index in [9.17, 15) is 4.79 Å². The van der Waals surface area contributed by atoms with Crippen molar-refractivity contribution >= 4 is 29.7 Å². The van der Waals surface area contributed by atoms with Crippen LogP contribution in [-0.2, 0) is 10.3 Å². The lowest BCUT2D eigenvalue weighted by Crippen LogP contribution is -2.39. The molecular weight excluding hydrogens is 234 g/mol. The molecular formula is C10H12ClNO2S. The fraction of sp³-hybridized carbons (Fsp3) is 0.500. The zero-order valence-corrected chi connectivity index (χ0v) is 9.75. The highest BCUT2D eigenvalue weighted by atomic mass is 35.5. The van der Waals surface area contributed by atoms with Crippen LogP contribution >= 0.6 is 23.7 Å². The molecule has 1 aromatic rings. The topological polar surface area (TPSA) is 38.3 Å². The first-order valence-corrected chi connectivity index (χ1v) is 5.72. The summed E-state index contributed by atoms with van der Waals surface area (Å²) in [6.07, 6.45) is 1.82. The van der Waals surface area contributed by atoms with E-state index in [0.29, 0.717) is 0 Å². The van der Waals surface area contributed by atoms with Crippen LogP contribution in [0, 0.1) is 0 Å². The zero-order valence-electron chi connectivity index (χ0n) is 8.12. The number of piperidine rings is 1. The number of esters is 1. The lowest BCUT2D eigenvalue weighted by atomic mass is 9.91. The van der Waals surface area contributed by atoms with Gasteiger partial charge in [0.2, 0.25) is 0 Å². The van der Waals surface area contributed by atoms with Crippen LogP contribution in [0.4, 0.5) is 0 Å². The number of rotatable bonds is 0. The minimum atomic E-state index is -0.286. The minimum Gasteiger partial charge on any atom is -0.450 e. The van der Waals surface area contributed by atoms with Crippen LogP contribution in [0.25, 0.3) is 0 Å². The van der Waals surface area contributed by atoms with Crippen molar-refractivity contribution in [3.8, 4) is 0 Å². The Morgan fingerprint density at radius 3 is 2.87 bits per heavy atom. The van der Waals surface area contributed by atoms with Crippen molar-refractivity contribution in [3.05, 3.63) is 21.9 Å². The summed E-state index contributed by atoms with van der Waals surface area (Å²) in [6, 6.07) is 1.87. The highest BCUT2D eigenvalue weighted by Crippen LogP contribution is 2.45. The van der Waals surface area contributed by atoms with Gasteiger partial charge in [0.25, 0.3) is 0 Å². The van der Waals surface area contributed by atoms with Gasteiger partial charge in [-0.3, -0.25) is 0 Å². The number of halogens is 1. The summed E-state index contributed by atoms with van der Waals surface area (Å²) in [7, 11) is 0. The smallest absolute Gasteiger partial charge is 0.340 e. The van der Waals surface area contributed by atoms with Crippen LogP contribution in [0.3, 0.4) is 0 Å². The molecule has 0 aromatic carbocycles. The van der Waals surface area contributed by atoms with E-state index in [1.807, 2.05) is 11.4 Å². The van der Waals surface area contributed by atoms with E-state index in [2.05, 4.69) is 5.32 Å². The van der Waals surface area contributed by atoms with Gasteiger partial charge in [-0.25, -0.2) is 4.79 Å². The molecule has 0 saturated carbocycles. The maximum absolute atomic E-state index is 11.6. The largest absolute Gasteiger partial charge is 0.450 e. The highest BCUT2D eigenvalue weighted by Gasteiger charge is 2.47. The van der Waals surface area contributed by atoms with Crippen molar-refractivity contribution in [3.63, 3.8) is 0 Å². The van der Waals surface area contributed by atoms with Crippen molar-refractivity contribution in [2.24, 2.45) is 0 Å². The van der Waals surface area contributed by atoms with E-state index < -0.39 is 0 Å². The first kappa shape index (κ1) is 10.9. The summed E-state index contributed by atoms with van der Waals surface area (Å²) >= 11 is 1.65. The number of carbonyl (C=O) groups excluding carboxylic acids is 1. The summed E-state index contributed by atoms with van der Waals surface area (Å²) in [5.74, 6) is -0.136. The number of carbonyl (C=O) groups is 1. The van der Waals surface area contributed by atoms with Crippen molar-refractivity contribution in [2.75, 3.05) is 13.1 Å². The third-order valence-electron chi connectivity index (χ3n) is 3.00. The van der Waals surface area contributed by atoms with Crippen LogP contribution in [-0.4, -0.2) is 19.1 Å². The van der Waals surface area contributed by atoms with Gasteiger partial charge in [0.1, 0.15) is 5.60 Å². The zero-order chi connectivity index (χ0) is 9.60. The van der Waals surface area contributed by atoms with Gasteiger partial charge >= 0.3 is 5.97 Å². The average Bonchev–Trinajstić information content (AvgIpc) is 2.74. The molecule has 1 saturated heterocycles. The number of ether oxygens (including phenoxy) is 1. The fourth-order valence-electron chi connectivity index (χ4n) is 2.26. The Labute approximate surface area is 98.2 Å². The third kappa shape index (κ3) is 1.48. The van der Waals surface area contributed by atoms with Gasteiger partial charge in [0, 0.05) is 12.8 Å². The van der Waals surface area contributed by atoms with Crippen LogP contribution in [0.5, 0.6) is 0 Å². The normalized spacial score (nSPS) is 22.0. The lowest BCUT2D eigenvalue weighted by Gasteiger charge is -2.32. The van der Waals surface area contributed by atoms with Gasteiger partial charge in [-0.1, -0.05) is 0 Å². The monoisotopic (exact) mass is 245 g/mol. The number of fused-ring (bicyclic) bond motifs is 2. The van der Waals surface area contributed by atoms with Gasteiger partial charge in [0.05, 0.1) is 10.4 Å². The Morgan fingerprint density at radius 1 is 1.40 bits per heavy atom. The number of hydrogen-bond acceptors (Lipinski definition) is 4. The first-order chi connectivity index (χ1) is 6.82. The van der Waals surface area contributed by atoms with Crippen LogP contribution in [0.1, 0.15) is 28.1 Å².